The zero-order valence-corrected chi connectivity index (χ0v) is 14.7. The number of hydrogen-bond acceptors (Lipinski definition) is 6. The Morgan fingerprint density at radius 2 is 1.92 bits per heavy atom. The second-order valence-electron chi connectivity index (χ2n) is 5.56. The second kappa shape index (κ2) is 7.06. The number of benzene rings is 1. The number of anilines is 2. The van der Waals surface area contributed by atoms with Gasteiger partial charge in [0.15, 0.2) is 5.13 Å². The van der Waals surface area contributed by atoms with Crippen molar-refractivity contribution in [3.63, 3.8) is 0 Å². The zero-order valence-electron chi connectivity index (χ0n) is 13.9. The maximum atomic E-state index is 12.2. The van der Waals surface area contributed by atoms with Crippen molar-refractivity contribution < 1.29 is 14.3 Å². The first kappa shape index (κ1) is 16.5. The van der Waals surface area contributed by atoms with Gasteiger partial charge in [-0.3, -0.25) is 5.32 Å². The third kappa shape index (κ3) is 3.77. The fourth-order valence-corrected chi connectivity index (χ4v) is 3.60. The lowest BCUT2D eigenvalue weighted by Crippen LogP contribution is -2.25. The molecule has 128 valence electrons. The number of aromatic nitrogens is 1. The predicted molar refractivity (Wildman–Crippen MR) is 94.3 cm³/mol. The maximum absolute atomic E-state index is 12.2. The van der Waals surface area contributed by atoms with Gasteiger partial charge in [0.2, 0.25) is 0 Å². The minimum atomic E-state index is -0.343. The van der Waals surface area contributed by atoms with Gasteiger partial charge in [0.25, 0.3) is 0 Å². The van der Waals surface area contributed by atoms with Crippen LogP contribution in [0, 0.1) is 0 Å². The van der Waals surface area contributed by atoms with Crippen LogP contribution < -0.4 is 20.1 Å². The molecule has 1 aromatic heterocycles. The fraction of sp³-hybridized carbons (Fsp3) is 0.375. The molecule has 8 heteroatoms. The summed E-state index contributed by atoms with van der Waals surface area (Å²) in [6.45, 7) is 1.87. The standard InChI is InChI=1S/C16H20N4O3S/c1-20-5-4-13-14(9-20)24-16(18-13)19-15(21)17-10-6-11(22-2)8-12(7-10)23-3/h6-8H,4-5,9H2,1-3H3,(H2,17,18,19,21). The Labute approximate surface area is 144 Å². The number of methoxy groups -OCH3 is 2. The van der Waals surface area contributed by atoms with Gasteiger partial charge in [-0.05, 0) is 7.05 Å². The van der Waals surface area contributed by atoms with Crippen molar-refractivity contribution in [1.82, 2.24) is 9.88 Å². The summed E-state index contributed by atoms with van der Waals surface area (Å²) >= 11 is 1.52. The van der Waals surface area contributed by atoms with E-state index in [0.29, 0.717) is 22.3 Å². The molecule has 2 N–H and O–H groups in total. The molecule has 0 bridgehead atoms. The van der Waals surface area contributed by atoms with Crippen molar-refractivity contribution in [3.05, 3.63) is 28.8 Å². The van der Waals surface area contributed by atoms with E-state index < -0.39 is 0 Å². The number of hydrogen-bond donors (Lipinski definition) is 2. The first-order valence-electron chi connectivity index (χ1n) is 7.55. The highest BCUT2D eigenvalue weighted by molar-refractivity contribution is 7.15. The van der Waals surface area contributed by atoms with Crippen LogP contribution in [0.1, 0.15) is 10.6 Å². The molecular weight excluding hydrogens is 328 g/mol. The number of fused-ring (bicyclic) bond motifs is 1. The Bertz CT molecular complexity index is 725. The molecule has 1 aliphatic heterocycles. The third-order valence-electron chi connectivity index (χ3n) is 3.75. The molecule has 0 saturated heterocycles. The molecule has 0 saturated carbocycles. The van der Waals surface area contributed by atoms with Crippen molar-refractivity contribution in [2.45, 2.75) is 13.0 Å². The smallest absolute Gasteiger partial charge is 0.325 e. The molecule has 3 rings (SSSR count). The number of nitrogens with one attached hydrogen (secondary N) is 2. The van der Waals surface area contributed by atoms with E-state index in [9.17, 15) is 4.79 Å². The number of nitrogens with zero attached hydrogens (tertiary/aromatic N) is 2. The van der Waals surface area contributed by atoms with Crippen LogP contribution in [0.5, 0.6) is 11.5 Å². The van der Waals surface area contributed by atoms with Crippen molar-refractivity contribution in [1.29, 1.82) is 0 Å². The summed E-state index contributed by atoms with van der Waals surface area (Å²) in [5.41, 5.74) is 1.67. The highest BCUT2D eigenvalue weighted by Gasteiger charge is 2.19. The van der Waals surface area contributed by atoms with Gasteiger partial charge in [-0.1, -0.05) is 0 Å². The quantitative estimate of drug-likeness (QED) is 0.889. The summed E-state index contributed by atoms with van der Waals surface area (Å²) in [4.78, 5) is 20.2. The van der Waals surface area contributed by atoms with Crippen LogP contribution in [-0.4, -0.2) is 43.7 Å². The van der Waals surface area contributed by atoms with Crippen LogP contribution in [0.15, 0.2) is 18.2 Å². The minimum Gasteiger partial charge on any atom is -0.497 e. The number of rotatable bonds is 4. The number of thiazole rings is 1. The Kier molecular flexibility index (Phi) is 4.86. The van der Waals surface area contributed by atoms with E-state index in [-0.39, 0.29) is 6.03 Å². The predicted octanol–water partition coefficient (Wildman–Crippen LogP) is 2.79. The number of carbonyl (C=O) groups is 1. The van der Waals surface area contributed by atoms with Gasteiger partial charge in [-0.15, -0.1) is 11.3 Å². The summed E-state index contributed by atoms with van der Waals surface area (Å²) < 4.78 is 10.4. The minimum absolute atomic E-state index is 0.343. The average molecular weight is 348 g/mol. The number of carbonyl (C=O) groups excluding carboxylic acids is 1. The monoisotopic (exact) mass is 348 g/mol. The molecular formula is C16H20N4O3S. The van der Waals surface area contributed by atoms with Crippen LogP contribution in [0.3, 0.4) is 0 Å². The van der Waals surface area contributed by atoms with E-state index in [2.05, 4.69) is 27.6 Å². The van der Waals surface area contributed by atoms with Gasteiger partial charge in [-0.2, -0.15) is 0 Å². The lowest BCUT2D eigenvalue weighted by molar-refractivity contribution is 0.262. The molecule has 7 nitrogen and oxygen atoms in total. The Morgan fingerprint density at radius 1 is 1.21 bits per heavy atom. The van der Waals surface area contributed by atoms with Gasteiger partial charge < -0.3 is 19.7 Å². The lowest BCUT2D eigenvalue weighted by atomic mass is 10.2. The highest BCUT2D eigenvalue weighted by Crippen LogP contribution is 2.28. The summed E-state index contributed by atoms with van der Waals surface area (Å²) in [6, 6.07) is 4.85. The first-order chi connectivity index (χ1) is 11.6. The normalized spacial score (nSPS) is 14.0. The third-order valence-corrected chi connectivity index (χ3v) is 4.75. The molecule has 1 aliphatic rings. The molecule has 0 fully saturated rings. The SMILES string of the molecule is COc1cc(NC(=O)Nc2nc3c(s2)CN(C)CC3)cc(OC)c1. The van der Waals surface area contributed by atoms with Crippen LogP contribution in [0.4, 0.5) is 15.6 Å². The molecule has 2 aromatic rings. The number of likely N-dealkylation sites (N-methyl/N-ethyl adjacent to an activating group) is 1. The van der Waals surface area contributed by atoms with Gasteiger partial charge in [0.05, 0.1) is 19.9 Å². The maximum Gasteiger partial charge on any atom is 0.325 e. The molecule has 0 aliphatic carbocycles. The zero-order chi connectivity index (χ0) is 17.1. The molecule has 2 heterocycles. The van der Waals surface area contributed by atoms with Gasteiger partial charge in [0, 0.05) is 48.3 Å². The average Bonchev–Trinajstić information content (AvgIpc) is 2.95. The molecule has 0 unspecified atom stereocenters. The Morgan fingerprint density at radius 3 is 2.58 bits per heavy atom. The van der Waals surface area contributed by atoms with Crippen molar-refractivity contribution >= 4 is 28.2 Å². The highest BCUT2D eigenvalue weighted by atomic mass is 32.1. The number of urea groups is 1. The van der Waals surface area contributed by atoms with Crippen LogP contribution in [-0.2, 0) is 13.0 Å². The summed E-state index contributed by atoms with van der Waals surface area (Å²) in [5.74, 6) is 1.22. The second-order valence-corrected chi connectivity index (χ2v) is 6.64. The number of ether oxygens (including phenoxy) is 2. The van der Waals surface area contributed by atoms with E-state index in [1.807, 2.05) is 0 Å². The van der Waals surface area contributed by atoms with Crippen molar-refractivity contribution in [2.75, 3.05) is 38.4 Å². The van der Waals surface area contributed by atoms with Gasteiger partial charge >= 0.3 is 6.03 Å². The van der Waals surface area contributed by atoms with E-state index in [1.54, 1.807) is 32.4 Å². The lowest BCUT2D eigenvalue weighted by Gasteiger charge is -2.20. The Balaban J connectivity index is 1.68. The van der Waals surface area contributed by atoms with E-state index >= 15 is 0 Å². The molecule has 1 aromatic carbocycles. The molecule has 0 spiro atoms. The van der Waals surface area contributed by atoms with E-state index in [1.165, 1.54) is 16.2 Å². The summed E-state index contributed by atoms with van der Waals surface area (Å²) in [5, 5.41) is 6.18. The van der Waals surface area contributed by atoms with Gasteiger partial charge in [0.1, 0.15) is 11.5 Å². The topological polar surface area (TPSA) is 75.7 Å². The molecule has 0 atom stereocenters. The van der Waals surface area contributed by atoms with Crippen LogP contribution in [0.2, 0.25) is 0 Å². The largest absolute Gasteiger partial charge is 0.497 e. The molecule has 24 heavy (non-hydrogen) atoms. The molecule has 2 amide bonds. The Hall–Kier alpha value is -2.32. The van der Waals surface area contributed by atoms with Crippen molar-refractivity contribution in [3.8, 4) is 11.5 Å². The fourth-order valence-electron chi connectivity index (χ4n) is 2.52. The summed E-state index contributed by atoms with van der Waals surface area (Å²) in [7, 11) is 5.21. The van der Waals surface area contributed by atoms with Crippen LogP contribution >= 0.6 is 11.3 Å². The van der Waals surface area contributed by atoms with Gasteiger partial charge in [-0.25, -0.2) is 9.78 Å². The van der Waals surface area contributed by atoms with E-state index in [0.717, 1.165) is 25.2 Å². The van der Waals surface area contributed by atoms with E-state index in [4.69, 9.17) is 9.47 Å². The summed E-state index contributed by atoms with van der Waals surface area (Å²) in [6.07, 6.45) is 0.915. The molecule has 0 radical (unpaired) electrons. The first-order valence-corrected chi connectivity index (χ1v) is 8.37. The van der Waals surface area contributed by atoms with Crippen molar-refractivity contribution in [2.24, 2.45) is 0 Å². The number of amides is 2. The van der Waals surface area contributed by atoms with Crippen LogP contribution in [0.25, 0.3) is 0 Å².